The van der Waals surface area contributed by atoms with Crippen LogP contribution in [0.5, 0.6) is 0 Å². The predicted molar refractivity (Wildman–Crippen MR) is 83.0 cm³/mol. The number of hydrogen-bond donors (Lipinski definition) is 0. The molecule has 0 aliphatic carbocycles. The Hall–Kier alpha value is -1.02. The van der Waals surface area contributed by atoms with Crippen molar-refractivity contribution in [3.05, 3.63) is 29.6 Å². The summed E-state index contributed by atoms with van der Waals surface area (Å²) < 4.78 is 2.35. The molecule has 0 radical (unpaired) electrons. The SMILES string of the molecule is CCCCC(C)n1c(C(C)Cl)nc2cccc(C)c21. The summed E-state index contributed by atoms with van der Waals surface area (Å²) in [4.78, 5) is 4.73. The van der Waals surface area contributed by atoms with E-state index in [1.54, 1.807) is 0 Å². The molecule has 0 amide bonds. The second-order valence-electron chi connectivity index (χ2n) is 5.39. The molecule has 0 saturated heterocycles. The zero-order chi connectivity index (χ0) is 14.0. The van der Waals surface area contributed by atoms with Gasteiger partial charge in [0.05, 0.1) is 16.4 Å². The maximum Gasteiger partial charge on any atom is 0.127 e. The van der Waals surface area contributed by atoms with Crippen molar-refractivity contribution in [3.8, 4) is 0 Å². The van der Waals surface area contributed by atoms with E-state index >= 15 is 0 Å². The normalized spacial score (nSPS) is 14.8. The van der Waals surface area contributed by atoms with Crippen molar-refractivity contribution in [2.75, 3.05) is 0 Å². The van der Waals surface area contributed by atoms with Gasteiger partial charge in [-0.15, -0.1) is 11.6 Å². The lowest BCUT2D eigenvalue weighted by Crippen LogP contribution is -2.10. The molecular formula is C16H23ClN2. The summed E-state index contributed by atoms with van der Waals surface area (Å²) in [7, 11) is 0. The first-order chi connectivity index (χ1) is 9.06. The quantitative estimate of drug-likeness (QED) is 0.670. The van der Waals surface area contributed by atoms with Crippen LogP contribution < -0.4 is 0 Å². The maximum absolute atomic E-state index is 6.33. The molecule has 0 saturated carbocycles. The summed E-state index contributed by atoms with van der Waals surface area (Å²) in [5.41, 5.74) is 3.58. The van der Waals surface area contributed by atoms with Crippen LogP contribution in [0.3, 0.4) is 0 Å². The van der Waals surface area contributed by atoms with Gasteiger partial charge in [0, 0.05) is 6.04 Å². The molecule has 0 N–H and O–H groups in total. The number of fused-ring (bicyclic) bond motifs is 1. The average Bonchev–Trinajstić information content (AvgIpc) is 2.77. The predicted octanol–water partition coefficient (Wildman–Crippen LogP) is 5.40. The molecule has 0 fully saturated rings. The maximum atomic E-state index is 6.33. The first-order valence-electron chi connectivity index (χ1n) is 7.17. The molecule has 0 spiro atoms. The summed E-state index contributed by atoms with van der Waals surface area (Å²) in [6.07, 6.45) is 3.64. The van der Waals surface area contributed by atoms with Gasteiger partial charge in [-0.3, -0.25) is 0 Å². The molecule has 104 valence electrons. The van der Waals surface area contributed by atoms with Gasteiger partial charge in [-0.1, -0.05) is 31.9 Å². The van der Waals surface area contributed by atoms with Gasteiger partial charge in [-0.2, -0.15) is 0 Å². The Balaban J connectivity index is 2.57. The van der Waals surface area contributed by atoms with E-state index in [-0.39, 0.29) is 5.38 Å². The number of hydrogen-bond acceptors (Lipinski definition) is 1. The minimum absolute atomic E-state index is 0.0594. The molecule has 0 aliphatic rings. The average molecular weight is 279 g/mol. The van der Waals surface area contributed by atoms with Gasteiger partial charge in [0.25, 0.3) is 0 Å². The molecule has 19 heavy (non-hydrogen) atoms. The molecule has 2 atom stereocenters. The van der Waals surface area contributed by atoms with Crippen molar-refractivity contribution < 1.29 is 0 Å². The summed E-state index contributed by atoms with van der Waals surface area (Å²) in [5, 5.41) is -0.0594. The lowest BCUT2D eigenvalue weighted by Gasteiger charge is -2.19. The van der Waals surface area contributed by atoms with E-state index in [4.69, 9.17) is 16.6 Å². The number of rotatable bonds is 5. The molecule has 2 nitrogen and oxygen atoms in total. The molecule has 1 aromatic carbocycles. The van der Waals surface area contributed by atoms with Gasteiger partial charge in [-0.05, 0) is 38.8 Å². The molecule has 2 unspecified atom stereocenters. The van der Waals surface area contributed by atoms with Crippen molar-refractivity contribution in [2.45, 2.75) is 58.4 Å². The fraction of sp³-hybridized carbons (Fsp3) is 0.562. The van der Waals surface area contributed by atoms with Crippen LogP contribution in [0.25, 0.3) is 11.0 Å². The largest absolute Gasteiger partial charge is 0.324 e. The molecule has 1 heterocycles. The van der Waals surface area contributed by atoms with E-state index in [0.717, 1.165) is 11.3 Å². The Kier molecular flexibility index (Phi) is 4.51. The fourth-order valence-electron chi connectivity index (χ4n) is 2.69. The number of imidazole rings is 1. The van der Waals surface area contributed by atoms with Crippen LogP contribution in [-0.2, 0) is 0 Å². The first kappa shape index (κ1) is 14.4. The standard InChI is InChI=1S/C16H23ClN2/c1-5-6-9-12(3)19-15-11(2)8-7-10-14(15)18-16(19)13(4)17/h7-8,10,12-13H,5-6,9H2,1-4H3. The van der Waals surface area contributed by atoms with Crippen LogP contribution in [0.15, 0.2) is 18.2 Å². The second kappa shape index (κ2) is 5.96. The molecular weight excluding hydrogens is 256 g/mol. The lowest BCUT2D eigenvalue weighted by atomic mass is 10.1. The first-order valence-corrected chi connectivity index (χ1v) is 7.61. The van der Waals surface area contributed by atoms with E-state index in [1.807, 2.05) is 6.92 Å². The van der Waals surface area contributed by atoms with Crippen molar-refractivity contribution in [1.82, 2.24) is 9.55 Å². The van der Waals surface area contributed by atoms with Crippen LogP contribution >= 0.6 is 11.6 Å². The molecule has 0 bridgehead atoms. The highest BCUT2D eigenvalue weighted by Gasteiger charge is 2.19. The molecule has 2 rings (SSSR count). The van der Waals surface area contributed by atoms with Crippen LogP contribution in [-0.4, -0.2) is 9.55 Å². The van der Waals surface area contributed by atoms with Crippen molar-refractivity contribution in [3.63, 3.8) is 0 Å². The summed E-state index contributed by atoms with van der Waals surface area (Å²) >= 11 is 6.33. The molecule has 2 aromatic rings. The van der Waals surface area contributed by atoms with Gasteiger partial charge in [0.2, 0.25) is 0 Å². The summed E-state index contributed by atoms with van der Waals surface area (Å²) in [5.74, 6) is 0.995. The highest BCUT2D eigenvalue weighted by Crippen LogP contribution is 2.31. The van der Waals surface area contributed by atoms with Crippen molar-refractivity contribution >= 4 is 22.6 Å². The summed E-state index contributed by atoms with van der Waals surface area (Å²) in [6.45, 7) is 8.65. The van der Waals surface area contributed by atoms with Crippen molar-refractivity contribution in [1.29, 1.82) is 0 Å². The lowest BCUT2D eigenvalue weighted by molar-refractivity contribution is 0.480. The molecule has 1 aromatic heterocycles. The Morgan fingerprint density at radius 2 is 2.05 bits per heavy atom. The van der Waals surface area contributed by atoms with Gasteiger partial charge in [0.1, 0.15) is 5.82 Å². The fourth-order valence-corrected chi connectivity index (χ4v) is 2.85. The number of halogens is 1. The zero-order valence-corrected chi connectivity index (χ0v) is 13.0. The van der Waals surface area contributed by atoms with Crippen LogP contribution in [0, 0.1) is 6.92 Å². The third kappa shape index (κ3) is 2.79. The highest BCUT2D eigenvalue weighted by atomic mass is 35.5. The number of benzene rings is 1. The number of aryl methyl sites for hydroxylation is 1. The van der Waals surface area contributed by atoms with Crippen LogP contribution in [0.1, 0.15) is 62.8 Å². The Morgan fingerprint density at radius 3 is 2.68 bits per heavy atom. The minimum atomic E-state index is -0.0594. The third-order valence-corrected chi connectivity index (χ3v) is 3.91. The van der Waals surface area contributed by atoms with Gasteiger partial charge < -0.3 is 4.57 Å². The van der Waals surface area contributed by atoms with Crippen LogP contribution in [0.2, 0.25) is 0 Å². The second-order valence-corrected chi connectivity index (χ2v) is 6.04. The number of para-hydroxylation sites is 1. The number of unbranched alkanes of at least 4 members (excludes halogenated alkanes) is 1. The van der Waals surface area contributed by atoms with Crippen molar-refractivity contribution in [2.24, 2.45) is 0 Å². The van der Waals surface area contributed by atoms with E-state index in [9.17, 15) is 0 Å². The van der Waals surface area contributed by atoms with E-state index < -0.39 is 0 Å². The molecule has 3 heteroatoms. The smallest absolute Gasteiger partial charge is 0.127 e. The topological polar surface area (TPSA) is 17.8 Å². The van der Waals surface area contributed by atoms with E-state index in [0.29, 0.717) is 6.04 Å². The van der Waals surface area contributed by atoms with E-state index in [2.05, 4.69) is 43.5 Å². The number of alkyl halides is 1. The van der Waals surface area contributed by atoms with Gasteiger partial charge in [0.15, 0.2) is 0 Å². The molecule has 0 aliphatic heterocycles. The third-order valence-electron chi connectivity index (χ3n) is 3.71. The van der Waals surface area contributed by atoms with E-state index in [1.165, 1.54) is 30.3 Å². The van der Waals surface area contributed by atoms with Gasteiger partial charge in [-0.25, -0.2) is 4.98 Å². The number of aromatic nitrogens is 2. The Labute approximate surface area is 120 Å². The summed E-state index contributed by atoms with van der Waals surface area (Å²) in [6, 6.07) is 6.74. The highest BCUT2D eigenvalue weighted by molar-refractivity contribution is 6.20. The number of nitrogens with zero attached hydrogens (tertiary/aromatic N) is 2. The minimum Gasteiger partial charge on any atom is -0.324 e. The monoisotopic (exact) mass is 278 g/mol. The van der Waals surface area contributed by atoms with Crippen LogP contribution in [0.4, 0.5) is 0 Å². The Bertz CT molecular complexity index is 557. The van der Waals surface area contributed by atoms with Gasteiger partial charge >= 0.3 is 0 Å². The Morgan fingerprint density at radius 1 is 1.32 bits per heavy atom. The zero-order valence-electron chi connectivity index (χ0n) is 12.3.